The molecule has 18 heavy (non-hydrogen) atoms. The van der Waals surface area contributed by atoms with Crippen molar-refractivity contribution in [1.29, 1.82) is 0 Å². The molecule has 0 amide bonds. The van der Waals surface area contributed by atoms with Crippen molar-refractivity contribution in [3.63, 3.8) is 0 Å². The summed E-state index contributed by atoms with van der Waals surface area (Å²) in [6.07, 6.45) is 4.86. The predicted octanol–water partition coefficient (Wildman–Crippen LogP) is 1.54. The van der Waals surface area contributed by atoms with Gasteiger partial charge >= 0.3 is 5.97 Å². The molecule has 98 valence electrons. The highest BCUT2D eigenvalue weighted by Crippen LogP contribution is 2.26. The summed E-state index contributed by atoms with van der Waals surface area (Å²) in [4.78, 5) is 19.2. The van der Waals surface area contributed by atoms with Gasteiger partial charge in [0.2, 0.25) is 11.8 Å². The van der Waals surface area contributed by atoms with Gasteiger partial charge in [0.1, 0.15) is 0 Å². The zero-order valence-corrected chi connectivity index (χ0v) is 10.3. The van der Waals surface area contributed by atoms with Gasteiger partial charge in [-0.1, -0.05) is 6.42 Å². The molecule has 2 N–H and O–H groups in total. The van der Waals surface area contributed by atoms with Crippen molar-refractivity contribution in [3.8, 4) is 5.88 Å². The third-order valence-electron chi connectivity index (χ3n) is 3.20. The van der Waals surface area contributed by atoms with Crippen LogP contribution in [0.1, 0.15) is 25.7 Å². The maximum Gasteiger partial charge on any atom is 0.306 e. The van der Waals surface area contributed by atoms with E-state index in [1.165, 1.54) is 0 Å². The van der Waals surface area contributed by atoms with Crippen LogP contribution in [0.5, 0.6) is 5.88 Å². The molecular formula is C12H17N3O3. The highest BCUT2D eigenvalue weighted by Gasteiger charge is 2.27. The first-order valence-electron chi connectivity index (χ1n) is 6.05. The van der Waals surface area contributed by atoms with E-state index in [2.05, 4.69) is 15.3 Å². The standard InChI is InChI=1S/C12H17N3O3/c1-18-10-5-6-13-12(15-10)14-9-4-2-3-8(7-9)11(16)17/h5-6,8-9H,2-4,7H2,1H3,(H,16,17)(H,13,14,15). The molecule has 0 saturated heterocycles. The molecular weight excluding hydrogens is 234 g/mol. The summed E-state index contributed by atoms with van der Waals surface area (Å²) in [6, 6.07) is 1.79. The van der Waals surface area contributed by atoms with E-state index in [1.54, 1.807) is 19.4 Å². The Morgan fingerprint density at radius 1 is 1.56 bits per heavy atom. The third-order valence-corrected chi connectivity index (χ3v) is 3.20. The molecule has 0 aromatic carbocycles. The van der Waals surface area contributed by atoms with Gasteiger partial charge in [-0.05, 0) is 19.3 Å². The van der Waals surface area contributed by atoms with Crippen LogP contribution in [0.2, 0.25) is 0 Å². The number of rotatable bonds is 4. The highest BCUT2D eigenvalue weighted by molar-refractivity contribution is 5.70. The number of carboxylic acids is 1. The first-order chi connectivity index (χ1) is 8.69. The summed E-state index contributed by atoms with van der Waals surface area (Å²) < 4.78 is 5.02. The Kier molecular flexibility index (Phi) is 3.96. The Balaban J connectivity index is 1.97. The molecule has 0 radical (unpaired) electrons. The van der Waals surface area contributed by atoms with E-state index in [-0.39, 0.29) is 12.0 Å². The predicted molar refractivity (Wildman–Crippen MR) is 65.6 cm³/mol. The Morgan fingerprint density at radius 2 is 2.39 bits per heavy atom. The summed E-state index contributed by atoms with van der Waals surface area (Å²) in [5.74, 6) is 0.0124. The molecule has 1 saturated carbocycles. The van der Waals surface area contributed by atoms with Gasteiger partial charge in [-0.2, -0.15) is 4.98 Å². The lowest BCUT2D eigenvalue weighted by Crippen LogP contribution is -2.31. The molecule has 0 spiro atoms. The van der Waals surface area contributed by atoms with Crippen LogP contribution < -0.4 is 10.1 Å². The number of hydrogen-bond acceptors (Lipinski definition) is 5. The minimum absolute atomic E-state index is 0.118. The van der Waals surface area contributed by atoms with E-state index < -0.39 is 5.97 Å². The summed E-state index contributed by atoms with van der Waals surface area (Å²) in [6.45, 7) is 0. The first kappa shape index (κ1) is 12.6. The number of hydrogen-bond donors (Lipinski definition) is 2. The van der Waals surface area contributed by atoms with Crippen LogP contribution in [0.3, 0.4) is 0 Å². The number of methoxy groups -OCH3 is 1. The number of carboxylic acid groups (broad SMARTS) is 1. The number of aliphatic carboxylic acids is 1. The van der Waals surface area contributed by atoms with Gasteiger partial charge in [0.25, 0.3) is 0 Å². The van der Waals surface area contributed by atoms with Gasteiger partial charge in [-0.15, -0.1) is 0 Å². The SMILES string of the molecule is COc1ccnc(NC2CCCC(C(=O)O)C2)n1. The molecule has 1 aliphatic rings. The topological polar surface area (TPSA) is 84.3 Å². The van der Waals surface area contributed by atoms with Crippen LogP contribution in [0, 0.1) is 5.92 Å². The Bertz CT molecular complexity index is 425. The normalized spacial score (nSPS) is 23.4. The number of ether oxygens (including phenoxy) is 1. The first-order valence-corrected chi connectivity index (χ1v) is 6.05. The van der Waals surface area contributed by atoms with E-state index in [4.69, 9.17) is 9.84 Å². The quantitative estimate of drug-likeness (QED) is 0.844. The maximum absolute atomic E-state index is 11.0. The van der Waals surface area contributed by atoms with Gasteiger partial charge < -0.3 is 15.2 Å². The molecule has 2 atom stereocenters. The summed E-state index contributed by atoms with van der Waals surface area (Å²) in [5, 5.41) is 12.2. The van der Waals surface area contributed by atoms with Crippen LogP contribution >= 0.6 is 0 Å². The van der Waals surface area contributed by atoms with E-state index in [0.29, 0.717) is 18.2 Å². The van der Waals surface area contributed by atoms with Crippen molar-refractivity contribution in [1.82, 2.24) is 9.97 Å². The van der Waals surface area contributed by atoms with Gasteiger partial charge in [0.05, 0.1) is 13.0 Å². The van der Waals surface area contributed by atoms with Gasteiger partial charge in [0.15, 0.2) is 0 Å². The Hall–Kier alpha value is -1.85. The summed E-state index contributed by atoms with van der Waals surface area (Å²) in [5.41, 5.74) is 0. The lowest BCUT2D eigenvalue weighted by molar-refractivity contribution is -0.142. The Labute approximate surface area is 105 Å². The van der Waals surface area contributed by atoms with Crippen molar-refractivity contribution in [3.05, 3.63) is 12.3 Å². The second-order valence-corrected chi connectivity index (χ2v) is 4.47. The van der Waals surface area contributed by atoms with E-state index in [1.807, 2.05) is 0 Å². The van der Waals surface area contributed by atoms with Crippen molar-refractivity contribution in [2.45, 2.75) is 31.7 Å². The minimum Gasteiger partial charge on any atom is -0.481 e. The van der Waals surface area contributed by atoms with E-state index in [0.717, 1.165) is 19.3 Å². The molecule has 0 bridgehead atoms. The van der Waals surface area contributed by atoms with Gasteiger partial charge in [-0.3, -0.25) is 4.79 Å². The zero-order valence-electron chi connectivity index (χ0n) is 10.3. The average Bonchev–Trinajstić information content (AvgIpc) is 2.39. The fraction of sp³-hybridized carbons (Fsp3) is 0.583. The van der Waals surface area contributed by atoms with Crippen LogP contribution in [-0.4, -0.2) is 34.2 Å². The molecule has 1 heterocycles. The van der Waals surface area contributed by atoms with Crippen molar-refractivity contribution < 1.29 is 14.6 Å². The largest absolute Gasteiger partial charge is 0.481 e. The Morgan fingerprint density at radius 3 is 3.11 bits per heavy atom. The number of anilines is 1. The molecule has 2 rings (SSSR count). The highest BCUT2D eigenvalue weighted by atomic mass is 16.5. The molecule has 6 heteroatoms. The average molecular weight is 251 g/mol. The minimum atomic E-state index is -0.715. The van der Waals surface area contributed by atoms with Gasteiger partial charge in [0, 0.05) is 18.3 Å². The van der Waals surface area contributed by atoms with E-state index >= 15 is 0 Å². The maximum atomic E-state index is 11.0. The summed E-state index contributed by atoms with van der Waals surface area (Å²) in [7, 11) is 1.55. The molecule has 1 aromatic rings. The van der Waals surface area contributed by atoms with Crippen molar-refractivity contribution >= 4 is 11.9 Å². The van der Waals surface area contributed by atoms with Crippen LogP contribution in [0.25, 0.3) is 0 Å². The second-order valence-electron chi connectivity index (χ2n) is 4.47. The smallest absolute Gasteiger partial charge is 0.306 e. The molecule has 1 fully saturated rings. The third kappa shape index (κ3) is 3.09. The van der Waals surface area contributed by atoms with E-state index in [9.17, 15) is 4.79 Å². The molecule has 2 unspecified atom stereocenters. The lowest BCUT2D eigenvalue weighted by atomic mass is 9.86. The lowest BCUT2D eigenvalue weighted by Gasteiger charge is -2.27. The van der Waals surface area contributed by atoms with Crippen molar-refractivity contribution in [2.24, 2.45) is 5.92 Å². The zero-order chi connectivity index (χ0) is 13.0. The van der Waals surface area contributed by atoms with Gasteiger partial charge in [-0.25, -0.2) is 4.98 Å². The molecule has 1 aromatic heterocycles. The van der Waals surface area contributed by atoms with Crippen molar-refractivity contribution in [2.75, 3.05) is 12.4 Å². The monoisotopic (exact) mass is 251 g/mol. The van der Waals surface area contributed by atoms with Crippen LogP contribution in [0.15, 0.2) is 12.3 Å². The number of aromatic nitrogens is 2. The van der Waals surface area contributed by atoms with Crippen LogP contribution in [-0.2, 0) is 4.79 Å². The molecule has 6 nitrogen and oxygen atoms in total. The fourth-order valence-electron chi connectivity index (χ4n) is 2.25. The number of carbonyl (C=O) groups is 1. The number of nitrogens with one attached hydrogen (secondary N) is 1. The van der Waals surface area contributed by atoms with Crippen LogP contribution in [0.4, 0.5) is 5.95 Å². The molecule has 0 aliphatic heterocycles. The second kappa shape index (κ2) is 5.66. The summed E-state index contributed by atoms with van der Waals surface area (Å²) >= 11 is 0. The molecule has 1 aliphatic carbocycles. The fourth-order valence-corrected chi connectivity index (χ4v) is 2.25. The number of nitrogens with zero attached hydrogens (tertiary/aromatic N) is 2.